The maximum absolute atomic E-state index is 12.3. The second-order valence-corrected chi connectivity index (χ2v) is 6.35. The summed E-state index contributed by atoms with van der Waals surface area (Å²) in [4.78, 5) is 31.0. The molecule has 1 heterocycles. The molecule has 0 radical (unpaired) electrons. The largest absolute Gasteiger partial charge is 0.444 e. The summed E-state index contributed by atoms with van der Waals surface area (Å²) in [6, 6.07) is -0.508. The Morgan fingerprint density at radius 2 is 1.85 bits per heavy atom. The molecule has 116 valence electrons. The number of piperidine rings is 1. The Hall–Kier alpha value is -1.30. The molecule has 2 atom stereocenters. The van der Waals surface area contributed by atoms with Gasteiger partial charge in [-0.05, 0) is 39.5 Å². The van der Waals surface area contributed by atoms with Gasteiger partial charge in [0.2, 0.25) is 0 Å². The molecule has 6 nitrogen and oxygen atoms in total. The van der Waals surface area contributed by atoms with E-state index >= 15 is 0 Å². The van der Waals surface area contributed by atoms with Gasteiger partial charge in [-0.3, -0.25) is 14.5 Å². The third kappa shape index (κ3) is 4.37. The van der Waals surface area contributed by atoms with Crippen LogP contribution in [0.3, 0.4) is 0 Å². The van der Waals surface area contributed by atoms with Gasteiger partial charge >= 0.3 is 6.09 Å². The lowest BCUT2D eigenvalue weighted by molar-refractivity contribution is -0.175. The van der Waals surface area contributed by atoms with E-state index in [9.17, 15) is 9.59 Å². The van der Waals surface area contributed by atoms with Crippen molar-refractivity contribution in [1.82, 2.24) is 9.96 Å². The lowest BCUT2D eigenvalue weighted by Gasteiger charge is -2.39. The normalized spacial score (nSPS) is 23.4. The number of nitrogens with zero attached hydrogens (tertiary/aromatic N) is 2. The fraction of sp³-hybridized carbons (Fsp3) is 0.857. The van der Waals surface area contributed by atoms with Crippen LogP contribution in [-0.4, -0.2) is 54.3 Å². The summed E-state index contributed by atoms with van der Waals surface area (Å²) in [7, 11) is 2.98. The minimum atomic E-state index is -0.571. The first-order chi connectivity index (χ1) is 9.15. The molecular formula is C14H26N2O4. The predicted octanol–water partition coefficient (Wildman–Crippen LogP) is 2.04. The van der Waals surface area contributed by atoms with Crippen molar-refractivity contribution in [2.45, 2.75) is 52.2 Å². The van der Waals surface area contributed by atoms with E-state index in [-0.39, 0.29) is 5.91 Å². The first kappa shape index (κ1) is 16.8. The lowest BCUT2D eigenvalue weighted by atomic mass is 9.94. The van der Waals surface area contributed by atoms with Gasteiger partial charge in [-0.1, -0.05) is 6.92 Å². The maximum atomic E-state index is 12.3. The van der Waals surface area contributed by atoms with Gasteiger partial charge in [-0.25, -0.2) is 9.86 Å². The van der Waals surface area contributed by atoms with Crippen molar-refractivity contribution in [1.29, 1.82) is 0 Å². The van der Waals surface area contributed by atoms with E-state index < -0.39 is 17.7 Å². The maximum Gasteiger partial charge on any atom is 0.410 e. The highest BCUT2D eigenvalue weighted by Crippen LogP contribution is 2.25. The van der Waals surface area contributed by atoms with E-state index in [1.807, 2.05) is 20.8 Å². The number of hydroxylamine groups is 2. The van der Waals surface area contributed by atoms with E-state index in [1.54, 1.807) is 7.05 Å². The zero-order chi connectivity index (χ0) is 15.5. The van der Waals surface area contributed by atoms with Crippen LogP contribution in [-0.2, 0) is 14.4 Å². The van der Waals surface area contributed by atoms with Crippen LogP contribution >= 0.6 is 0 Å². The van der Waals surface area contributed by atoms with Crippen molar-refractivity contribution in [3.05, 3.63) is 0 Å². The van der Waals surface area contributed by atoms with Crippen LogP contribution < -0.4 is 0 Å². The fourth-order valence-corrected chi connectivity index (χ4v) is 2.23. The molecule has 0 aromatic rings. The molecular weight excluding hydrogens is 260 g/mol. The summed E-state index contributed by atoms with van der Waals surface area (Å²) in [5.74, 6) is 0.143. The number of likely N-dealkylation sites (N-methyl/N-ethyl adjacent to an activating group) is 1. The quantitative estimate of drug-likeness (QED) is 0.729. The Labute approximate surface area is 121 Å². The molecule has 1 aliphatic heterocycles. The van der Waals surface area contributed by atoms with Crippen molar-refractivity contribution in [2.24, 2.45) is 5.92 Å². The predicted molar refractivity (Wildman–Crippen MR) is 74.9 cm³/mol. The summed E-state index contributed by atoms with van der Waals surface area (Å²) < 4.78 is 5.39. The van der Waals surface area contributed by atoms with Crippen LogP contribution in [0.15, 0.2) is 0 Å². The minimum Gasteiger partial charge on any atom is -0.444 e. The summed E-state index contributed by atoms with van der Waals surface area (Å²) in [6.07, 6.45) is 1.10. The number of carbonyl (C=O) groups is 2. The highest BCUT2D eigenvalue weighted by molar-refractivity contribution is 5.85. The molecule has 1 fully saturated rings. The topological polar surface area (TPSA) is 59.1 Å². The number of amides is 2. The number of carbonyl (C=O) groups excluding carboxylic acids is 2. The molecule has 0 N–H and O–H groups in total. The molecule has 1 rings (SSSR count). The van der Waals surface area contributed by atoms with E-state index in [0.29, 0.717) is 18.9 Å². The third-order valence-electron chi connectivity index (χ3n) is 3.31. The first-order valence-corrected chi connectivity index (χ1v) is 6.97. The van der Waals surface area contributed by atoms with E-state index in [0.717, 1.165) is 11.5 Å². The summed E-state index contributed by atoms with van der Waals surface area (Å²) >= 11 is 0. The summed E-state index contributed by atoms with van der Waals surface area (Å²) in [5.41, 5.74) is -0.571. The second kappa shape index (κ2) is 6.43. The van der Waals surface area contributed by atoms with E-state index in [4.69, 9.17) is 9.57 Å². The number of ether oxygens (including phenoxy) is 1. The lowest BCUT2D eigenvalue weighted by Crippen LogP contribution is -2.54. The zero-order valence-corrected chi connectivity index (χ0v) is 13.3. The van der Waals surface area contributed by atoms with Gasteiger partial charge in [0, 0.05) is 13.6 Å². The average Bonchev–Trinajstić information content (AvgIpc) is 2.34. The molecule has 0 bridgehead atoms. The standard InChI is InChI=1S/C14H26N2O4/c1-10-7-8-11(12(17)15(5)19-6)16(9-10)13(18)20-14(2,3)4/h10-11H,7-9H2,1-6H3/t10-,11+/m0/s1. The van der Waals surface area contributed by atoms with Crippen LogP contribution in [0.1, 0.15) is 40.5 Å². The Bertz CT molecular complexity index is 365. The molecule has 6 heteroatoms. The smallest absolute Gasteiger partial charge is 0.410 e. The van der Waals surface area contributed by atoms with Crippen LogP contribution in [0.4, 0.5) is 4.79 Å². The average molecular weight is 286 g/mol. The molecule has 0 aliphatic carbocycles. The molecule has 0 spiro atoms. The van der Waals surface area contributed by atoms with Crippen molar-refractivity contribution >= 4 is 12.0 Å². The second-order valence-electron chi connectivity index (χ2n) is 6.35. The van der Waals surface area contributed by atoms with Crippen LogP contribution in [0.25, 0.3) is 0 Å². The van der Waals surface area contributed by atoms with Gasteiger partial charge in [0.25, 0.3) is 5.91 Å². The van der Waals surface area contributed by atoms with Gasteiger partial charge in [0.05, 0.1) is 7.11 Å². The van der Waals surface area contributed by atoms with Crippen LogP contribution in [0.2, 0.25) is 0 Å². The molecule has 1 aliphatic rings. The number of rotatable bonds is 2. The van der Waals surface area contributed by atoms with Gasteiger partial charge in [-0.15, -0.1) is 0 Å². The van der Waals surface area contributed by atoms with Crippen LogP contribution in [0, 0.1) is 5.92 Å². The Morgan fingerprint density at radius 1 is 1.25 bits per heavy atom. The third-order valence-corrected chi connectivity index (χ3v) is 3.31. The highest BCUT2D eigenvalue weighted by atomic mass is 16.7. The number of likely N-dealkylation sites (tertiary alicyclic amines) is 1. The monoisotopic (exact) mass is 286 g/mol. The molecule has 0 unspecified atom stereocenters. The molecule has 1 saturated heterocycles. The molecule has 20 heavy (non-hydrogen) atoms. The first-order valence-electron chi connectivity index (χ1n) is 6.97. The van der Waals surface area contributed by atoms with Crippen molar-refractivity contribution in [3.63, 3.8) is 0 Å². The zero-order valence-electron chi connectivity index (χ0n) is 13.3. The van der Waals surface area contributed by atoms with Gasteiger partial charge in [-0.2, -0.15) is 0 Å². The van der Waals surface area contributed by atoms with E-state index in [1.165, 1.54) is 12.0 Å². The summed E-state index contributed by atoms with van der Waals surface area (Å²) in [6.45, 7) is 8.05. The Morgan fingerprint density at radius 3 is 2.35 bits per heavy atom. The van der Waals surface area contributed by atoms with Crippen molar-refractivity contribution < 1.29 is 19.2 Å². The van der Waals surface area contributed by atoms with Gasteiger partial charge in [0.15, 0.2) is 0 Å². The summed E-state index contributed by atoms with van der Waals surface area (Å²) in [5, 5.41) is 1.16. The highest BCUT2D eigenvalue weighted by Gasteiger charge is 2.38. The fourth-order valence-electron chi connectivity index (χ4n) is 2.23. The SMILES string of the molecule is CON(C)C(=O)[C@H]1CC[C@H](C)CN1C(=O)OC(C)(C)C. The van der Waals surface area contributed by atoms with Crippen molar-refractivity contribution in [3.8, 4) is 0 Å². The minimum absolute atomic E-state index is 0.217. The number of hydrogen-bond donors (Lipinski definition) is 0. The number of hydrogen-bond acceptors (Lipinski definition) is 4. The Balaban J connectivity index is 2.85. The van der Waals surface area contributed by atoms with Gasteiger partial charge in [0.1, 0.15) is 11.6 Å². The van der Waals surface area contributed by atoms with Crippen molar-refractivity contribution in [2.75, 3.05) is 20.7 Å². The molecule has 0 saturated carbocycles. The molecule has 0 aromatic carbocycles. The molecule has 2 amide bonds. The van der Waals surface area contributed by atoms with Gasteiger partial charge < -0.3 is 4.74 Å². The Kier molecular flexibility index (Phi) is 5.39. The molecule has 0 aromatic heterocycles. The van der Waals surface area contributed by atoms with Crippen LogP contribution in [0.5, 0.6) is 0 Å². The van der Waals surface area contributed by atoms with E-state index in [2.05, 4.69) is 6.92 Å².